The average Bonchev–Trinajstić information content (AvgIpc) is 3.47. The number of hydrogen-bond donors (Lipinski definition) is 1. The van der Waals surface area contributed by atoms with Crippen LogP contribution in [0.4, 0.5) is 0 Å². The third-order valence-electron chi connectivity index (χ3n) is 8.41. The summed E-state index contributed by atoms with van der Waals surface area (Å²) in [5.41, 5.74) is 2.50. The van der Waals surface area contributed by atoms with Gasteiger partial charge in [0.15, 0.2) is 6.10 Å². The predicted octanol–water partition coefficient (Wildman–Crippen LogP) is 6.29. The van der Waals surface area contributed by atoms with Gasteiger partial charge in [-0.15, -0.1) is 0 Å². The van der Waals surface area contributed by atoms with Gasteiger partial charge in [-0.05, 0) is 68.1 Å². The Morgan fingerprint density at radius 3 is 2.63 bits per heavy atom. The molecule has 6 nitrogen and oxygen atoms in total. The van der Waals surface area contributed by atoms with Crippen molar-refractivity contribution in [2.24, 2.45) is 11.3 Å². The van der Waals surface area contributed by atoms with E-state index < -0.39 is 19.2 Å². The first-order valence-electron chi connectivity index (χ1n) is 13.9. The van der Waals surface area contributed by atoms with Gasteiger partial charge in [0.1, 0.15) is 5.58 Å². The van der Waals surface area contributed by atoms with Crippen LogP contribution in [0, 0.1) is 11.3 Å². The van der Waals surface area contributed by atoms with Crippen molar-refractivity contribution in [2.45, 2.75) is 84.1 Å². The van der Waals surface area contributed by atoms with Crippen molar-refractivity contribution in [3.8, 4) is 0 Å². The Morgan fingerprint density at radius 2 is 1.89 bits per heavy atom. The van der Waals surface area contributed by atoms with Gasteiger partial charge in [0.2, 0.25) is 0 Å². The highest BCUT2D eigenvalue weighted by Crippen LogP contribution is 2.47. The van der Waals surface area contributed by atoms with Crippen LogP contribution in [0.3, 0.4) is 0 Å². The highest BCUT2D eigenvalue weighted by Gasteiger charge is 2.55. The molecule has 1 saturated carbocycles. The van der Waals surface area contributed by atoms with E-state index >= 15 is 0 Å². The Labute approximate surface area is 226 Å². The molecule has 0 radical (unpaired) electrons. The van der Waals surface area contributed by atoms with Crippen molar-refractivity contribution in [3.63, 3.8) is 0 Å². The molecule has 1 saturated heterocycles. The highest BCUT2D eigenvalue weighted by molar-refractivity contribution is 6.48. The molecule has 2 fully saturated rings. The van der Waals surface area contributed by atoms with E-state index in [9.17, 15) is 4.79 Å². The SMILES string of the molecule is CCOC(C(=O)NC(Cc1coc2ccccc12)B1OC2C[C@@H](C(C)(C)C)CC[C@]2(C)O1)c1ccccc1. The van der Waals surface area contributed by atoms with Crippen molar-refractivity contribution >= 4 is 24.0 Å². The fourth-order valence-corrected chi connectivity index (χ4v) is 6.02. The van der Waals surface area contributed by atoms with Crippen LogP contribution in [0.15, 0.2) is 65.3 Å². The van der Waals surface area contributed by atoms with E-state index in [1.54, 1.807) is 6.26 Å². The molecule has 2 aromatic carbocycles. The molecule has 202 valence electrons. The predicted molar refractivity (Wildman–Crippen MR) is 150 cm³/mol. The van der Waals surface area contributed by atoms with Crippen molar-refractivity contribution in [1.29, 1.82) is 0 Å². The van der Waals surface area contributed by atoms with Gasteiger partial charge in [0.25, 0.3) is 5.91 Å². The molecule has 3 unspecified atom stereocenters. The number of benzene rings is 2. The van der Waals surface area contributed by atoms with Gasteiger partial charge in [0.05, 0.1) is 23.9 Å². The number of carbonyl (C=O) groups excluding carboxylic acids is 1. The summed E-state index contributed by atoms with van der Waals surface area (Å²) in [4.78, 5) is 13.7. The van der Waals surface area contributed by atoms with Crippen LogP contribution in [0.1, 0.15) is 71.1 Å². The number of amides is 1. The number of ether oxygens (including phenoxy) is 1. The van der Waals surface area contributed by atoms with Crippen LogP contribution in [-0.2, 0) is 25.3 Å². The maximum atomic E-state index is 13.7. The highest BCUT2D eigenvalue weighted by atomic mass is 16.7. The van der Waals surface area contributed by atoms with Gasteiger partial charge in [-0.2, -0.15) is 0 Å². The third kappa shape index (κ3) is 5.56. The van der Waals surface area contributed by atoms with Crippen molar-refractivity contribution in [2.75, 3.05) is 6.61 Å². The first-order valence-corrected chi connectivity index (χ1v) is 13.9. The normalized spacial score (nSPS) is 25.2. The minimum absolute atomic E-state index is 0.0113. The van der Waals surface area contributed by atoms with E-state index in [-0.39, 0.29) is 23.0 Å². The molecule has 5 rings (SSSR count). The molecule has 1 aliphatic carbocycles. The molecule has 1 amide bonds. The Bertz CT molecular complexity index is 1240. The second-order valence-corrected chi connectivity index (χ2v) is 12.1. The fraction of sp³-hybridized carbons (Fsp3) is 0.516. The average molecular weight is 517 g/mol. The Kier molecular flexibility index (Phi) is 7.72. The molecule has 7 heteroatoms. The number of furan rings is 1. The van der Waals surface area contributed by atoms with Gasteiger partial charge >= 0.3 is 7.12 Å². The summed E-state index contributed by atoms with van der Waals surface area (Å²) in [6.45, 7) is 11.4. The monoisotopic (exact) mass is 517 g/mol. The number of para-hydroxylation sites is 1. The van der Waals surface area contributed by atoms with Crippen LogP contribution >= 0.6 is 0 Å². The molecule has 0 bridgehead atoms. The van der Waals surface area contributed by atoms with Crippen molar-refractivity contribution in [3.05, 3.63) is 72.0 Å². The zero-order valence-corrected chi connectivity index (χ0v) is 23.2. The first-order chi connectivity index (χ1) is 18.2. The Hall–Kier alpha value is -2.61. The zero-order chi connectivity index (χ0) is 26.9. The van der Waals surface area contributed by atoms with Crippen LogP contribution < -0.4 is 5.32 Å². The van der Waals surface area contributed by atoms with E-state index in [0.29, 0.717) is 18.9 Å². The molecule has 1 aliphatic heterocycles. The maximum Gasteiger partial charge on any atom is 0.482 e. The standard InChI is InChI=1S/C31H40BNO5/c1-6-35-28(21-12-8-7-9-13-21)29(34)33-27(18-22-20-36-25-15-11-10-14-24(22)25)32-37-26-19-23(30(2,3)4)16-17-31(26,5)38-32/h7-15,20,23,26-28H,6,16-19H2,1-5H3,(H,33,34)/t23-,26?,27?,28?,31-/m0/s1. The van der Waals surface area contributed by atoms with Crippen LogP contribution in [0.5, 0.6) is 0 Å². The largest absolute Gasteiger partial charge is 0.482 e. The van der Waals surface area contributed by atoms with Gasteiger partial charge in [-0.3, -0.25) is 4.79 Å². The van der Waals surface area contributed by atoms with Crippen LogP contribution in [0.25, 0.3) is 11.0 Å². The maximum absolute atomic E-state index is 13.7. The third-order valence-corrected chi connectivity index (χ3v) is 8.41. The zero-order valence-electron chi connectivity index (χ0n) is 23.2. The van der Waals surface area contributed by atoms with E-state index in [1.165, 1.54) is 0 Å². The molecule has 3 aromatic rings. The lowest BCUT2D eigenvalue weighted by atomic mass is 9.67. The topological polar surface area (TPSA) is 69.9 Å². The van der Waals surface area contributed by atoms with Crippen molar-refractivity contribution in [1.82, 2.24) is 5.32 Å². The molecular weight excluding hydrogens is 477 g/mol. The van der Waals surface area contributed by atoms with Crippen LogP contribution in [-0.4, -0.2) is 37.3 Å². The minimum Gasteiger partial charge on any atom is -0.464 e. The summed E-state index contributed by atoms with van der Waals surface area (Å²) in [6, 6.07) is 17.6. The molecule has 2 heterocycles. The van der Waals surface area contributed by atoms with E-state index in [4.69, 9.17) is 18.5 Å². The summed E-state index contributed by atoms with van der Waals surface area (Å²) in [6.07, 6.45) is 4.58. The fourth-order valence-electron chi connectivity index (χ4n) is 6.02. The number of carbonyl (C=O) groups is 1. The Morgan fingerprint density at radius 1 is 1.16 bits per heavy atom. The van der Waals surface area contributed by atoms with Gasteiger partial charge in [-0.1, -0.05) is 69.3 Å². The molecule has 2 aliphatic rings. The summed E-state index contributed by atoms with van der Waals surface area (Å²) >= 11 is 0. The van der Waals surface area contributed by atoms with Gasteiger partial charge in [-0.25, -0.2) is 0 Å². The van der Waals surface area contributed by atoms with Gasteiger partial charge in [0, 0.05) is 12.0 Å². The summed E-state index contributed by atoms with van der Waals surface area (Å²) in [5, 5.41) is 4.29. The van der Waals surface area contributed by atoms with E-state index in [1.807, 2.05) is 61.5 Å². The quantitative estimate of drug-likeness (QED) is 0.356. The van der Waals surface area contributed by atoms with E-state index in [0.717, 1.165) is 41.4 Å². The lowest BCUT2D eigenvalue weighted by molar-refractivity contribution is -0.133. The van der Waals surface area contributed by atoms with Crippen molar-refractivity contribution < 1.29 is 23.3 Å². The summed E-state index contributed by atoms with van der Waals surface area (Å²) < 4.78 is 25.1. The molecule has 0 spiro atoms. The number of rotatable bonds is 8. The minimum atomic E-state index is -0.714. The lowest BCUT2D eigenvalue weighted by Crippen LogP contribution is -2.51. The van der Waals surface area contributed by atoms with E-state index in [2.05, 4.69) is 33.0 Å². The van der Waals surface area contributed by atoms with Gasteiger partial charge < -0.3 is 23.8 Å². The second-order valence-electron chi connectivity index (χ2n) is 12.1. The number of nitrogens with one attached hydrogen (secondary N) is 1. The summed E-state index contributed by atoms with van der Waals surface area (Å²) in [5.74, 6) is -0.0458. The lowest BCUT2D eigenvalue weighted by Gasteiger charge is -2.43. The molecule has 1 aromatic heterocycles. The first kappa shape index (κ1) is 27.0. The molecule has 38 heavy (non-hydrogen) atoms. The van der Waals surface area contributed by atoms with Crippen LogP contribution in [0.2, 0.25) is 0 Å². The number of fused-ring (bicyclic) bond motifs is 2. The smallest absolute Gasteiger partial charge is 0.464 e. The molecule has 1 N–H and O–H groups in total. The molecular formula is C31H40BNO5. The molecule has 5 atom stereocenters. The number of hydrogen-bond acceptors (Lipinski definition) is 5. The summed E-state index contributed by atoms with van der Waals surface area (Å²) in [7, 11) is -0.570. The second kappa shape index (κ2) is 10.9. The Balaban J connectivity index is 1.42.